The summed E-state index contributed by atoms with van der Waals surface area (Å²) in [4.78, 5) is 48.7. The number of halogens is 2. The van der Waals surface area contributed by atoms with Gasteiger partial charge in [0.1, 0.15) is 29.1 Å². The lowest BCUT2D eigenvalue weighted by Crippen LogP contribution is -2.44. The third-order valence-corrected chi connectivity index (χ3v) is 7.55. The number of amides is 3. The summed E-state index contributed by atoms with van der Waals surface area (Å²) in [5.74, 6) is -2.75. The number of aromatic nitrogens is 4. The van der Waals surface area contributed by atoms with Gasteiger partial charge >= 0.3 is 0 Å². The van der Waals surface area contributed by atoms with Gasteiger partial charge in [0.15, 0.2) is 11.5 Å². The first-order valence-corrected chi connectivity index (χ1v) is 13.2. The molecule has 0 aliphatic carbocycles. The Morgan fingerprint density at radius 1 is 1.12 bits per heavy atom. The first-order valence-electron chi connectivity index (χ1n) is 12.3. The van der Waals surface area contributed by atoms with E-state index >= 15 is 4.39 Å². The predicted molar refractivity (Wildman–Crippen MR) is 145 cm³/mol. The van der Waals surface area contributed by atoms with Gasteiger partial charge in [-0.25, -0.2) is 18.7 Å². The number of hydrogen-bond acceptors (Lipinski definition) is 7. The Bertz CT molecular complexity index is 1800. The smallest absolute Gasteiger partial charge is 0.269 e. The maximum atomic E-state index is 15.5. The van der Waals surface area contributed by atoms with Crippen molar-refractivity contribution in [3.05, 3.63) is 71.7 Å². The molecule has 10 nitrogen and oxygen atoms in total. The van der Waals surface area contributed by atoms with Crippen molar-refractivity contribution in [3.63, 3.8) is 0 Å². The largest absolute Gasteiger partial charge is 0.364 e. The van der Waals surface area contributed by atoms with Gasteiger partial charge in [-0.3, -0.25) is 19.1 Å². The highest BCUT2D eigenvalue weighted by atomic mass is 32.1. The highest BCUT2D eigenvalue weighted by Gasteiger charge is 2.40. The summed E-state index contributed by atoms with van der Waals surface area (Å²) in [5.41, 5.74) is 8.77. The van der Waals surface area contributed by atoms with E-state index < -0.39 is 35.8 Å². The molecule has 0 saturated carbocycles. The van der Waals surface area contributed by atoms with Gasteiger partial charge in [-0.1, -0.05) is 30.3 Å². The van der Waals surface area contributed by atoms with Crippen molar-refractivity contribution in [3.8, 4) is 11.1 Å². The molecule has 3 amide bonds. The van der Waals surface area contributed by atoms with Crippen molar-refractivity contribution in [2.24, 2.45) is 5.73 Å². The predicted octanol–water partition coefficient (Wildman–Crippen LogP) is 3.52. The molecule has 3 N–H and O–H groups in total. The minimum absolute atomic E-state index is 0.00182. The number of carbonyl (C=O) groups is 3. The summed E-state index contributed by atoms with van der Waals surface area (Å²) in [6.07, 6.45) is -0.157. The Balaban J connectivity index is 1.23. The number of hydrogen-bond donors (Lipinski definition) is 2. The monoisotopic (exact) mass is 561 g/mol. The van der Waals surface area contributed by atoms with E-state index in [-0.39, 0.29) is 36.5 Å². The molecule has 3 aromatic heterocycles. The Labute approximate surface area is 229 Å². The van der Waals surface area contributed by atoms with Gasteiger partial charge in [0.25, 0.3) is 5.91 Å². The molecular weight excluding hydrogens is 540 g/mol. The summed E-state index contributed by atoms with van der Waals surface area (Å²) in [7, 11) is 0. The second-order valence-corrected chi connectivity index (χ2v) is 10.2. The summed E-state index contributed by atoms with van der Waals surface area (Å²) < 4.78 is 31.3. The zero-order chi connectivity index (χ0) is 28.0. The first kappa shape index (κ1) is 25.5. The highest BCUT2D eigenvalue weighted by molar-refractivity contribution is 7.16. The molecule has 2 atom stereocenters. The van der Waals surface area contributed by atoms with Crippen LogP contribution in [0.25, 0.3) is 32.4 Å². The average molecular weight is 562 g/mol. The second-order valence-electron chi connectivity index (χ2n) is 9.34. The summed E-state index contributed by atoms with van der Waals surface area (Å²) in [6.45, 7) is -0.652. The number of rotatable bonds is 6. The molecule has 202 valence electrons. The molecule has 2 aromatic carbocycles. The van der Waals surface area contributed by atoms with Crippen LogP contribution < -0.4 is 11.1 Å². The molecule has 0 bridgehead atoms. The first-order chi connectivity index (χ1) is 19.3. The lowest BCUT2D eigenvalue weighted by atomic mass is 10.1. The third-order valence-electron chi connectivity index (χ3n) is 6.81. The molecule has 6 rings (SSSR count). The standard InChI is InChI=1S/C27H21F2N7O3S/c28-15-9-21(35(11-15)22(37)12-36-20-7-2-1-4-17(20)24(34-36)25(30)38)26(39)33-18-6-3-5-16(23(18)29)14-8-19-27(31-10-14)40-13-32-19/h1-8,10,13,15,21H,9,11-12H2,(H2,30,38)(H,33,39)/t15-,21+/m1/s1. The number of alkyl halides is 1. The van der Waals surface area contributed by atoms with Crippen LogP contribution in [0, 0.1) is 5.82 Å². The van der Waals surface area contributed by atoms with Crippen molar-refractivity contribution in [2.75, 3.05) is 11.9 Å². The number of primary amides is 1. The van der Waals surface area contributed by atoms with Gasteiger partial charge in [0.05, 0.1) is 23.3 Å². The van der Waals surface area contributed by atoms with Crippen LogP contribution in [0.5, 0.6) is 0 Å². The van der Waals surface area contributed by atoms with Gasteiger partial charge in [0.2, 0.25) is 11.8 Å². The fourth-order valence-corrected chi connectivity index (χ4v) is 5.54. The summed E-state index contributed by atoms with van der Waals surface area (Å²) in [6, 6.07) is 11.8. The topological polar surface area (TPSA) is 136 Å². The van der Waals surface area contributed by atoms with E-state index in [1.165, 1.54) is 28.3 Å². The van der Waals surface area contributed by atoms with Gasteiger partial charge in [-0.05, 0) is 18.2 Å². The van der Waals surface area contributed by atoms with Crippen LogP contribution in [0.2, 0.25) is 0 Å². The van der Waals surface area contributed by atoms with Crippen LogP contribution >= 0.6 is 11.3 Å². The van der Waals surface area contributed by atoms with E-state index in [0.717, 1.165) is 4.90 Å². The van der Waals surface area contributed by atoms with E-state index in [2.05, 4.69) is 20.4 Å². The zero-order valence-corrected chi connectivity index (χ0v) is 21.6. The number of nitrogens with one attached hydrogen (secondary N) is 1. The van der Waals surface area contributed by atoms with Gasteiger partial charge in [-0.15, -0.1) is 11.3 Å². The molecule has 0 radical (unpaired) electrons. The molecule has 0 unspecified atom stereocenters. The van der Waals surface area contributed by atoms with Crippen molar-refractivity contribution in [1.29, 1.82) is 0 Å². The van der Waals surface area contributed by atoms with E-state index in [1.807, 2.05) is 0 Å². The molecule has 4 heterocycles. The van der Waals surface area contributed by atoms with Gasteiger partial charge in [0, 0.05) is 29.1 Å². The number of nitrogens with zero attached hydrogens (tertiary/aromatic N) is 5. The lowest BCUT2D eigenvalue weighted by Gasteiger charge is -2.24. The molecule has 1 aliphatic heterocycles. The van der Waals surface area contributed by atoms with Crippen molar-refractivity contribution in [1.82, 2.24) is 24.6 Å². The Kier molecular flexibility index (Phi) is 6.42. The van der Waals surface area contributed by atoms with Gasteiger partial charge in [-0.2, -0.15) is 5.10 Å². The van der Waals surface area contributed by atoms with Crippen LogP contribution in [-0.2, 0) is 16.1 Å². The van der Waals surface area contributed by atoms with Crippen LogP contribution in [0.1, 0.15) is 16.9 Å². The van der Waals surface area contributed by atoms with E-state index in [1.54, 1.807) is 48.0 Å². The van der Waals surface area contributed by atoms with Crippen molar-refractivity contribution >= 4 is 56.0 Å². The number of anilines is 1. The van der Waals surface area contributed by atoms with E-state index in [4.69, 9.17) is 5.73 Å². The minimum Gasteiger partial charge on any atom is -0.364 e. The average Bonchev–Trinajstić information content (AvgIpc) is 3.66. The number of nitrogens with two attached hydrogens (primary N) is 1. The van der Waals surface area contributed by atoms with E-state index in [9.17, 15) is 18.8 Å². The maximum absolute atomic E-state index is 15.5. The number of carbonyl (C=O) groups excluding carboxylic acids is 3. The molecule has 13 heteroatoms. The molecule has 1 aliphatic rings. The number of fused-ring (bicyclic) bond motifs is 2. The Hall–Kier alpha value is -4.78. The molecule has 1 fully saturated rings. The molecular formula is C27H21F2N7O3S. The Morgan fingerprint density at radius 3 is 2.77 bits per heavy atom. The molecule has 5 aromatic rings. The zero-order valence-electron chi connectivity index (χ0n) is 20.8. The highest BCUT2D eigenvalue weighted by Crippen LogP contribution is 2.31. The van der Waals surface area contributed by atoms with E-state index in [0.29, 0.717) is 26.8 Å². The molecule has 1 saturated heterocycles. The number of para-hydroxylation sites is 1. The SMILES string of the molecule is NC(=O)c1nn(CC(=O)N2C[C@H](F)C[C@H]2C(=O)Nc2cccc(-c3cnc4scnc4c3)c2F)c2ccccc12. The lowest BCUT2D eigenvalue weighted by molar-refractivity contribution is -0.137. The fraction of sp³-hybridized carbons (Fsp3) is 0.185. The van der Waals surface area contributed by atoms with Crippen LogP contribution in [-0.4, -0.2) is 61.1 Å². The maximum Gasteiger partial charge on any atom is 0.269 e. The third kappa shape index (κ3) is 4.53. The second kappa shape index (κ2) is 10.1. The number of thiazole rings is 1. The van der Waals surface area contributed by atoms with Crippen LogP contribution in [0.15, 0.2) is 60.2 Å². The minimum atomic E-state index is -1.44. The van der Waals surface area contributed by atoms with Gasteiger partial charge < -0.3 is 16.0 Å². The molecule has 40 heavy (non-hydrogen) atoms. The normalized spacial score (nSPS) is 17.0. The van der Waals surface area contributed by atoms with Crippen molar-refractivity contribution < 1.29 is 23.2 Å². The number of likely N-dealkylation sites (tertiary alicyclic amines) is 1. The van der Waals surface area contributed by atoms with Crippen LogP contribution in [0.4, 0.5) is 14.5 Å². The summed E-state index contributed by atoms with van der Waals surface area (Å²) in [5, 5.41) is 7.16. The molecule has 0 spiro atoms. The quantitative estimate of drug-likeness (QED) is 0.326. The van der Waals surface area contributed by atoms with Crippen molar-refractivity contribution in [2.45, 2.75) is 25.2 Å². The Morgan fingerprint density at radius 2 is 1.95 bits per heavy atom. The summed E-state index contributed by atoms with van der Waals surface area (Å²) >= 11 is 1.37. The number of pyridine rings is 1. The van der Waals surface area contributed by atoms with Crippen LogP contribution in [0.3, 0.4) is 0 Å². The fourth-order valence-electron chi connectivity index (χ4n) is 4.93. The number of benzene rings is 2.